The molecule has 9 heteroatoms. The Hall–Kier alpha value is -3.39. The largest absolute Gasteiger partial charge is 0.417 e. The number of imidazole rings is 1. The summed E-state index contributed by atoms with van der Waals surface area (Å²) in [7, 11) is 0. The third-order valence-electron chi connectivity index (χ3n) is 5.18. The minimum Gasteiger partial charge on any atom is -0.326 e. The van der Waals surface area contributed by atoms with Crippen molar-refractivity contribution < 1.29 is 22.4 Å². The second-order valence-electron chi connectivity index (χ2n) is 7.72. The number of benzene rings is 2. The number of alkyl halides is 3. The van der Waals surface area contributed by atoms with Crippen LogP contribution >= 0.6 is 11.6 Å². The minimum atomic E-state index is -4.65. The number of amides is 1. The number of pyridine rings is 1. The number of aryl methyl sites for hydroxylation is 2. The molecule has 1 N–H and O–H groups in total. The summed E-state index contributed by atoms with van der Waals surface area (Å²) in [5.41, 5.74) is 2.53. The van der Waals surface area contributed by atoms with Crippen LogP contribution in [0.5, 0.6) is 0 Å². The molecule has 1 amide bonds. The molecule has 0 unspecified atom stereocenters. The summed E-state index contributed by atoms with van der Waals surface area (Å²) in [6, 6.07) is 11.4. The van der Waals surface area contributed by atoms with Crippen LogP contribution in [0.2, 0.25) is 5.02 Å². The summed E-state index contributed by atoms with van der Waals surface area (Å²) >= 11 is 5.65. The Kier molecular flexibility index (Phi) is 5.88. The molecule has 4 aromatic rings. The van der Waals surface area contributed by atoms with Crippen LogP contribution in [-0.2, 0) is 17.4 Å². The molecule has 0 spiro atoms. The van der Waals surface area contributed by atoms with Crippen LogP contribution < -0.4 is 5.32 Å². The first-order chi connectivity index (χ1) is 15.5. The van der Waals surface area contributed by atoms with Crippen LogP contribution in [0.4, 0.5) is 23.2 Å². The summed E-state index contributed by atoms with van der Waals surface area (Å²) in [5.74, 6) is -0.894. The molecule has 4 nitrogen and oxygen atoms in total. The predicted molar refractivity (Wildman–Crippen MR) is 119 cm³/mol. The number of carbonyl (C=O) groups excluding carboxylic acids is 1. The Morgan fingerprint density at radius 3 is 2.55 bits per heavy atom. The molecule has 2 heterocycles. The average Bonchev–Trinajstić information content (AvgIpc) is 3.08. The Morgan fingerprint density at radius 2 is 1.85 bits per heavy atom. The summed E-state index contributed by atoms with van der Waals surface area (Å²) in [4.78, 5) is 17.4. The van der Waals surface area contributed by atoms with E-state index in [-0.39, 0.29) is 17.9 Å². The molecule has 4 rings (SSSR count). The van der Waals surface area contributed by atoms with Crippen molar-refractivity contribution in [1.29, 1.82) is 0 Å². The molecule has 0 saturated heterocycles. The maximum absolute atomic E-state index is 13.8. The lowest BCUT2D eigenvalue weighted by molar-refractivity contribution is -0.137. The van der Waals surface area contributed by atoms with Gasteiger partial charge in [0.25, 0.3) is 0 Å². The molecular formula is C24H18ClF4N3O. The Morgan fingerprint density at radius 1 is 1.09 bits per heavy atom. The van der Waals surface area contributed by atoms with Crippen molar-refractivity contribution in [2.75, 3.05) is 5.32 Å². The van der Waals surface area contributed by atoms with Crippen molar-refractivity contribution >= 4 is 28.8 Å². The number of fused-ring (bicyclic) bond motifs is 1. The molecule has 0 bridgehead atoms. The van der Waals surface area contributed by atoms with Gasteiger partial charge in [-0.3, -0.25) is 4.79 Å². The van der Waals surface area contributed by atoms with Crippen molar-refractivity contribution in [2.24, 2.45) is 0 Å². The summed E-state index contributed by atoms with van der Waals surface area (Å²) in [5, 5.41) is 2.05. The van der Waals surface area contributed by atoms with E-state index in [4.69, 9.17) is 11.6 Å². The summed E-state index contributed by atoms with van der Waals surface area (Å²) < 4.78 is 55.0. The quantitative estimate of drug-likeness (QED) is 0.337. The van der Waals surface area contributed by atoms with Crippen LogP contribution in [0.3, 0.4) is 0 Å². The Balaban J connectivity index is 1.71. The molecular weight excluding hydrogens is 458 g/mol. The van der Waals surface area contributed by atoms with E-state index in [1.807, 2.05) is 19.2 Å². The van der Waals surface area contributed by atoms with Crippen molar-refractivity contribution in [1.82, 2.24) is 9.38 Å². The zero-order valence-corrected chi connectivity index (χ0v) is 18.4. The molecule has 33 heavy (non-hydrogen) atoms. The summed E-state index contributed by atoms with van der Waals surface area (Å²) in [6.45, 7) is 3.52. The molecule has 0 fully saturated rings. The lowest BCUT2D eigenvalue weighted by Crippen LogP contribution is -2.17. The van der Waals surface area contributed by atoms with Gasteiger partial charge in [0.05, 0.1) is 28.4 Å². The number of rotatable bonds is 4. The Labute approximate surface area is 191 Å². The number of hydrogen-bond acceptors (Lipinski definition) is 2. The fourth-order valence-corrected chi connectivity index (χ4v) is 3.79. The van der Waals surface area contributed by atoms with Crippen molar-refractivity contribution in [3.63, 3.8) is 0 Å². The topological polar surface area (TPSA) is 46.4 Å². The van der Waals surface area contributed by atoms with E-state index in [0.717, 1.165) is 17.7 Å². The van der Waals surface area contributed by atoms with Crippen LogP contribution in [0, 0.1) is 19.7 Å². The van der Waals surface area contributed by atoms with E-state index in [0.29, 0.717) is 28.2 Å². The second kappa shape index (κ2) is 8.51. The van der Waals surface area contributed by atoms with Gasteiger partial charge in [0.15, 0.2) is 0 Å². The average molecular weight is 476 g/mol. The molecule has 0 aliphatic rings. The molecule has 170 valence electrons. The van der Waals surface area contributed by atoms with Crippen LogP contribution in [0.1, 0.15) is 22.4 Å². The van der Waals surface area contributed by atoms with Gasteiger partial charge >= 0.3 is 6.18 Å². The number of hydrogen-bond donors (Lipinski definition) is 1. The first kappa shape index (κ1) is 22.8. The number of nitrogens with one attached hydrogen (secondary N) is 1. The zero-order valence-electron chi connectivity index (χ0n) is 17.6. The van der Waals surface area contributed by atoms with E-state index >= 15 is 0 Å². The number of carbonyl (C=O) groups is 1. The molecule has 0 aliphatic carbocycles. The first-order valence-corrected chi connectivity index (χ1v) is 10.3. The Bertz CT molecular complexity index is 1380. The number of halogens is 5. The molecule has 2 aromatic carbocycles. The standard InChI is InChI=1S/C24H18ClF4N3O/c1-13-3-8-21-31-23(15-4-7-19(26)14(2)9-15)20(32(21)12-13)11-22(33)30-16-5-6-18(25)17(10-16)24(27,28)29/h3-10,12H,11H2,1-2H3,(H,30,33). The zero-order chi connectivity index (χ0) is 23.9. The molecule has 2 aromatic heterocycles. The lowest BCUT2D eigenvalue weighted by Gasteiger charge is -2.12. The molecule has 0 aliphatic heterocycles. The molecule has 0 radical (unpaired) electrons. The lowest BCUT2D eigenvalue weighted by atomic mass is 10.1. The minimum absolute atomic E-state index is 0.0269. The normalized spacial score (nSPS) is 11.7. The van der Waals surface area contributed by atoms with Gasteiger partial charge in [-0.25, -0.2) is 9.37 Å². The van der Waals surface area contributed by atoms with Gasteiger partial charge in [-0.05, 0) is 67.4 Å². The third kappa shape index (κ3) is 4.71. The van der Waals surface area contributed by atoms with E-state index in [9.17, 15) is 22.4 Å². The van der Waals surface area contributed by atoms with E-state index in [1.54, 1.807) is 29.5 Å². The monoisotopic (exact) mass is 475 g/mol. The van der Waals surface area contributed by atoms with Crippen LogP contribution in [-0.4, -0.2) is 15.3 Å². The van der Waals surface area contributed by atoms with Gasteiger partial charge in [0.2, 0.25) is 5.91 Å². The van der Waals surface area contributed by atoms with Gasteiger partial charge in [-0.15, -0.1) is 0 Å². The highest BCUT2D eigenvalue weighted by Crippen LogP contribution is 2.36. The molecule has 0 saturated carbocycles. The van der Waals surface area contributed by atoms with Gasteiger partial charge in [0, 0.05) is 17.4 Å². The van der Waals surface area contributed by atoms with Crippen molar-refractivity contribution in [3.05, 3.63) is 88.0 Å². The van der Waals surface area contributed by atoms with Gasteiger partial charge in [0.1, 0.15) is 11.5 Å². The van der Waals surface area contributed by atoms with Crippen LogP contribution in [0.25, 0.3) is 16.9 Å². The third-order valence-corrected chi connectivity index (χ3v) is 5.51. The van der Waals surface area contributed by atoms with Gasteiger partial charge in [-0.2, -0.15) is 13.2 Å². The van der Waals surface area contributed by atoms with Crippen molar-refractivity contribution in [3.8, 4) is 11.3 Å². The maximum Gasteiger partial charge on any atom is 0.417 e. The van der Waals surface area contributed by atoms with E-state index < -0.39 is 22.7 Å². The maximum atomic E-state index is 13.8. The second-order valence-corrected chi connectivity index (χ2v) is 8.13. The molecule has 0 atom stereocenters. The van der Waals surface area contributed by atoms with Gasteiger partial charge in [-0.1, -0.05) is 17.7 Å². The van der Waals surface area contributed by atoms with Crippen molar-refractivity contribution in [2.45, 2.75) is 26.4 Å². The highest BCUT2D eigenvalue weighted by molar-refractivity contribution is 6.31. The van der Waals surface area contributed by atoms with Crippen LogP contribution in [0.15, 0.2) is 54.7 Å². The number of nitrogens with zero attached hydrogens (tertiary/aromatic N) is 2. The highest BCUT2D eigenvalue weighted by Gasteiger charge is 2.33. The highest BCUT2D eigenvalue weighted by atomic mass is 35.5. The predicted octanol–water partition coefficient (Wildman–Crippen LogP) is 6.61. The van der Waals surface area contributed by atoms with E-state index in [2.05, 4.69) is 10.3 Å². The fourth-order valence-electron chi connectivity index (χ4n) is 3.57. The smallest absolute Gasteiger partial charge is 0.326 e. The van der Waals surface area contributed by atoms with Gasteiger partial charge < -0.3 is 9.72 Å². The summed E-state index contributed by atoms with van der Waals surface area (Å²) in [6.07, 6.45) is -3.00. The van der Waals surface area contributed by atoms with E-state index in [1.165, 1.54) is 12.1 Å². The fraction of sp³-hybridized carbons (Fsp3) is 0.167. The first-order valence-electron chi connectivity index (χ1n) is 9.93. The number of anilines is 1. The SMILES string of the molecule is Cc1ccc2nc(-c3ccc(F)c(C)c3)c(CC(=O)Nc3ccc(Cl)c(C(F)(F)F)c3)n2c1. The number of aromatic nitrogens is 2.